The van der Waals surface area contributed by atoms with Crippen LogP contribution in [0.15, 0.2) is 30.6 Å². The van der Waals surface area contributed by atoms with Crippen molar-refractivity contribution in [3.63, 3.8) is 0 Å². The van der Waals surface area contributed by atoms with E-state index in [9.17, 15) is 4.79 Å². The Kier molecular flexibility index (Phi) is 4.34. The van der Waals surface area contributed by atoms with Crippen LogP contribution >= 0.6 is 11.6 Å². The zero-order valence-corrected chi connectivity index (χ0v) is 12.6. The first-order valence-corrected chi connectivity index (χ1v) is 7.91. The van der Waals surface area contributed by atoms with Gasteiger partial charge in [0.15, 0.2) is 0 Å². The van der Waals surface area contributed by atoms with Gasteiger partial charge in [-0.25, -0.2) is 0 Å². The predicted molar refractivity (Wildman–Crippen MR) is 83.6 cm³/mol. The third-order valence-corrected chi connectivity index (χ3v) is 4.24. The molecule has 1 fully saturated rings. The average Bonchev–Trinajstić information content (AvgIpc) is 3.05. The summed E-state index contributed by atoms with van der Waals surface area (Å²) < 4.78 is 0. The Balaban J connectivity index is 1.89. The second-order valence-electron chi connectivity index (χ2n) is 5.39. The second-order valence-corrected chi connectivity index (χ2v) is 5.76. The number of halogens is 1. The fraction of sp³-hybridized carbons (Fsp3) is 0.438. The number of amides is 1. The average molecular weight is 304 g/mol. The minimum absolute atomic E-state index is 0.0510. The SMILES string of the molecule is O=C(c1ccc2nccnc2c1)N(CCCl)C1CCCC1. The standard InChI is InChI=1S/C16H18ClN3O/c17-7-10-20(13-3-1-2-4-13)16(21)12-5-6-14-15(11-12)19-9-8-18-14/h5-6,8-9,11,13H,1-4,7,10H2. The Morgan fingerprint density at radius 2 is 1.90 bits per heavy atom. The van der Waals surface area contributed by atoms with Crippen molar-refractivity contribution in [1.29, 1.82) is 0 Å². The van der Waals surface area contributed by atoms with E-state index in [-0.39, 0.29) is 5.91 Å². The Morgan fingerprint density at radius 1 is 1.19 bits per heavy atom. The maximum Gasteiger partial charge on any atom is 0.254 e. The topological polar surface area (TPSA) is 46.1 Å². The molecule has 0 aliphatic heterocycles. The van der Waals surface area contributed by atoms with Crippen molar-refractivity contribution in [3.05, 3.63) is 36.2 Å². The molecule has 1 aromatic carbocycles. The molecule has 5 heteroatoms. The number of hydrogen-bond acceptors (Lipinski definition) is 3. The molecule has 1 amide bonds. The molecular formula is C16H18ClN3O. The van der Waals surface area contributed by atoms with E-state index in [0.29, 0.717) is 24.0 Å². The molecule has 0 bridgehead atoms. The molecule has 0 unspecified atom stereocenters. The highest BCUT2D eigenvalue weighted by Gasteiger charge is 2.27. The number of benzene rings is 1. The molecule has 4 nitrogen and oxygen atoms in total. The number of carbonyl (C=O) groups is 1. The third-order valence-electron chi connectivity index (χ3n) is 4.07. The molecule has 21 heavy (non-hydrogen) atoms. The lowest BCUT2D eigenvalue weighted by Crippen LogP contribution is -2.40. The van der Waals surface area contributed by atoms with E-state index >= 15 is 0 Å². The Bertz CT molecular complexity index is 640. The van der Waals surface area contributed by atoms with Crippen LogP contribution in [-0.2, 0) is 0 Å². The predicted octanol–water partition coefficient (Wildman–Crippen LogP) is 3.25. The van der Waals surface area contributed by atoms with Crippen LogP contribution in [0.3, 0.4) is 0 Å². The lowest BCUT2D eigenvalue weighted by molar-refractivity contribution is 0.0695. The molecule has 1 saturated carbocycles. The first kappa shape index (κ1) is 14.3. The number of carbonyl (C=O) groups excluding carboxylic acids is 1. The lowest BCUT2D eigenvalue weighted by atomic mass is 10.1. The zero-order valence-electron chi connectivity index (χ0n) is 11.8. The van der Waals surface area contributed by atoms with Gasteiger partial charge in [0.2, 0.25) is 0 Å². The highest BCUT2D eigenvalue weighted by atomic mass is 35.5. The van der Waals surface area contributed by atoms with Crippen molar-refractivity contribution in [2.24, 2.45) is 0 Å². The van der Waals surface area contributed by atoms with E-state index in [1.54, 1.807) is 12.4 Å². The van der Waals surface area contributed by atoms with Gasteiger partial charge in [0.25, 0.3) is 5.91 Å². The van der Waals surface area contributed by atoms with Gasteiger partial charge in [-0.05, 0) is 31.0 Å². The maximum absolute atomic E-state index is 12.8. The van der Waals surface area contributed by atoms with Crippen molar-refractivity contribution < 1.29 is 4.79 Å². The monoisotopic (exact) mass is 303 g/mol. The molecule has 110 valence electrons. The molecule has 0 atom stereocenters. The first-order valence-electron chi connectivity index (χ1n) is 7.37. The van der Waals surface area contributed by atoms with Gasteiger partial charge in [0.1, 0.15) is 0 Å². The van der Waals surface area contributed by atoms with Crippen LogP contribution in [-0.4, -0.2) is 39.2 Å². The van der Waals surface area contributed by atoms with Crippen molar-refractivity contribution in [3.8, 4) is 0 Å². The molecule has 2 aromatic rings. The Hall–Kier alpha value is -1.68. The summed E-state index contributed by atoms with van der Waals surface area (Å²) in [5, 5.41) is 0. The Labute approximate surface area is 129 Å². The fourth-order valence-electron chi connectivity index (χ4n) is 3.02. The van der Waals surface area contributed by atoms with Gasteiger partial charge in [-0.2, -0.15) is 0 Å². The van der Waals surface area contributed by atoms with Gasteiger partial charge in [-0.3, -0.25) is 14.8 Å². The van der Waals surface area contributed by atoms with E-state index in [1.807, 2.05) is 23.1 Å². The summed E-state index contributed by atoms with van der Waals surface area (Å²) in [6.07, 6.45) is 7.85. The smallest absolute Gasteiger partial charge is 0.254 e. The number of nitrogens with zero attached hydrogens (tertiary/aromatic N) is 3. The quantitative estimate of drug-likeness (QED) is 0.815. The molecule has 0 spiro atoms. The van der Waals surface area contributed by atoms with E-state index < -0.39 is 0 Å². The lowest BCUT2D eigenvalue weighted by Gasteiger charge is -2.28. The van der Waals surface area contributed by atoms with E-state index in [0.717, 1.165) is 23.9 Å². The molecule has 1 aromatic heterocycles. The van der Waals surface area contributed by atoms with Crippen molar-refractivity contribution in [2.45, 2.75) is 31.7 Å². The minimum Gasteiger partial charge on any atom is -0.334 e. The molecular weight excluding hydrogens is 286 g/mol. The second kappa shape index (κ2) is 6.39. The number of rotatable bonds is 4. The number of hydrogen-bond donors (Lipinski definition) is 0. The van der Waals surface area contributed by atoms with Gasteiger partial charge >= 0.3 is 0 Å². The summed E-state index contributed by atoms with van der Waals surface area (Å²) >= 11 is 5.89. The van der Waals surface area contributed by atoms with Crippen LogP contribution in [0.2, 0.25) is 0 Å². The van der Waals surface area contributed by atoms with Crippen molar-refractivity contribution in [2.75, 3.05) is 12.4 Å². The maximum atomic E-state index is 12.8. The van der Waals surface area contributed by atoms with Crippen molar-refractivity contribution >= 4 is 28.5 Å². The van der Waals surface area contributed by atoms with Gasteiger partial charge in [-0.1, -0.05) is 12.8 Å². The van der Waals surface area contributed by atoms with Crippen LogP contribution < -0.4 is 0 Å². The van der Waals surface area contributed by atoms with E-state index in [1.165, 1.54) is 12.8 Å². The van der Waals surface area contributed by atoms with E-state index in [2.05, 4.69) is 9.97 Å². The molecule has 0 saturated heterocycles. The van der Waals surface area contributed by atoms with Crippen LogP contribution in [0.25, 0.3) is 11.0 Å². The van der Waals surface area contributed by atoms with Gasteiger partial charge in [-0.15, -0.1) is 11.6 Å². The fourth-order valence-corrected chi connectivity index (χ4v) is 3.20. The highest BCUT2D eigenvalue weighted by Crippen LogP contribution is 2.25. The summed E-state index contributed by atoms with van der Waals surface area (Å²) in [6, 6.07) is 5.83. The van der Waals surface area contributed by atoms with Crippen LogP contribution in [0, 0.1) is 0 Å². The molecule has 0 N–H and O–H groups in total. The summed E-state index contributed by atoms with van der Waals surface area (Å²) in [4.78, 5) is 23.2. The largest absolute Gasteiger partial charge is 0.334 e. The normalized spacial score (nSPS) is 15.5. The summed E-state index contributed by atoms with van der Waals surface area (Å²) in [5.74, 6) is 0.519. The van der Waals surface area contributed by atoms with Crippen LogP contribution in [0.1, 0.15) is 36.0 Å². The van der Waals surface area contributed by atoms with Gasteiger partial charge in [0.05, 0.1) is 11.0 Å². The molecule has 1 heterocycles. The highest BCUT2D eigenvalue weighted by molar-refractivity contribution is 6.18. The number of alkyl halides is 1. The molecule has 1 aliphatic carbocycles. The summed E-state index contributed by atoms with van der Waals surface area (Å²) in [7, 11) is 0. The minimum atomic E-state index is 0.0510. The van der Waals surface area contributed by atoms with Gasteiger partial charge < -0.3 is 4.90 Å². The van der Waals surface area contributed by atoms with Crippen LogP contribution in [0.4, 0.5) is 0 Å². The molecule has 0 radical (unpaired) electrons. The van der Waals surface area contributed by atoms with E-state index in [4.69, 9.17) is 11.6 Å². The van der Waals surface area contributed by atoms with Crippen molar-refractivity contribution in [1.82, 2.24) is 14.9 Å². The summed E-state index contributed by atoms with van der Waals surface area (Å²) in [6.45, 7) is 0.601. The Morgan fingerprint density at radius 3 is 2.62 bits per heavy atom. The van der Waals surface area contributed by atoms with Gasteiger partial charge in [0, 0.05) is 36.4 Å². The zero-order chi connectivity index (χ0) is 14.7. The van der Waals surface area contributed by atoms with Crippen LogP contribution in [0.5, 0.6) is 0 Å². The third kappa shape index (κ3) is 3.00. The number of fused-ring (bicyclic) bond motifs is 1. The first-order chi connectivity index (χ1) is 10.3. The molecule has 3 rings (SSSR count). The number of aromatic nitrogens is 2. The molecule has 1 aliphatic rings. The summed E-state index contributed by atoms with van der Waals surface area (Å²) in [5.41, 5.74) is 2.22.